The van der Waals surface area contributed by atoms with Crippen LogP contribution in [0.25, 0.3) is 11.0 Å². The van der Waals surface area contributed by atoms with Crippen molar-refractivity contribution >= 4 is 39.5 Å². The Balaban J connectivity index is 1.58. The Morgan fingerprint density at radius 1 is 1.30 bits per heavy atom. The molecule has 0 unspecified atom stereocenters. The Bertz CT molecular complexity index is 1370. The molecule has 4 atom stereocenters. The minimum absolute atomic E-state index is 0.0406. The van der Waals surface area contributed by atoms with Gasteiger partial charge in [-0.3, -0.25) is 4.99 Å². The predicted octanol–water partition coefficient (Wildman–Crippen LogP) is 3.33. The number of aromatic nitrogens is 3. The van der Waals surface area contributed by atoms with Gasteiger partial charge in [0.2, 0.25) is 0 Å². The molecule has 1 aromatic carbocycles. The summed E-state index contributed by atoms with van der Waals surface area (Å²) < 4.78 is 29.2. The summed E-state index contributed by atoms with van der Waals surface area (Å²) in [6.45, 7) is 3.38. The first kappa shape index (κ1) is 21.5. The van der Waals surface area contributed by atoms with Crippen LogP contribution < -0.4 is 11.1 Å². The van der Waals surface area contributed by atoms with Crippen LogP contribution in [0.3, 0.4) is 0 Å². The van der Waals surface area contributed by atoms with Gasteiger partial charge in [-0.2, -0.15) is 5.26 Å². The van der Waals surface area contributed by atoms with Gasteiger partial charge in [0.25, 0.3) is 0 Å². The van der Waals surface area contributed by atoms with Crippen LogP contribution in [0.1, 0.15) is 31.4 Å². The fraction of sp³-hybridized carbons (Fsp3) is 0.318. The Hall–Kier alpha value is -3.36. The molecule has 33 heavy (non-hydrogen) atoms. The standard InChI is InChI=1S/C22H19F2N7OS/c1-10(32)22-6-16(22)21(2,31-20(26)33-22)13-4-12(5-14(23)17(13)24)30-19-18-15(28-9-29-19)3-11(7-25)8-27-18/h3-5,8-10,16,32H,6H2,1-2H3,(H2,26,31)(H,28,29,30)/t10-,16+,21-,22-/m1/s1. The first-order valence-corrected chi connectivity index (χ1v) is 11.0. The van der Waals surface area contributed by atoms with Gasteiger partial charge in [0.05, 0.1) is 27.5 Å². The van der Waals surface area contributed by atoms with E-state index in [0.29, 0.717) is 23.0 Å². The lowest BCUT2D eigenvalue weighted by Gasteiger charge is -2.35. The van der Waals surface area contributed by atoms with Crippen LogP contribution in [0.4, 0.5) is 20.3 Å². The molecule has 3 aromatic rings. The number of hydrogen-bond donors (Lipinski definition) is 3. The lowest BCUT2D eigenvalue weighted by atomic mass is 9.84. The Labute approximate surface area is 192 Å². The number of anilines is 2. The van der Waals surface area contributed by atoms with Crippen molar-refractivity contribution in [1.82, 2.24) is 15.0 Å². The number of fused-ring (bicyclic) bond motifs is 2. The van der Waals surface area contributed by atoms with Gasteiger partial charge < -0.3 is 16.2 Å². The Morgan fingerprint density at radius 3 is 2.82 bits per heavy atom. The molecule has 0 amide bonds. The summed E-state index contributed by atoms with van der Waals surface area (Å²) in [5.41, 5.74) is 6.33. The maximum absolute atomic E-state index is 15.1. The van der Waals surface area contributed by atoms with E-state index in [0.717, 1.165) is 6.07 Å². The summed E-state index contributed by atoms with van der Waals surface area (Å²) in [5.74, 6) is -2.00. The van der Waals surface area contributed by atoms with Crippen LogP contribution in [0.15, 0.2) is 35.7 Å². The fourth-order valence-corrected chi connectivity index (χ4v) is 6.05. The van der Waals surface area contributed by atoms with Crippen molar-refractivity contribution in [2.24, 2.45) is 16.6 Å². The van der Waals surface area contributed by atoms with E-state index in [2.05, 4.69) is 25.3 Å². The number of nitrogens with one attached hydrogen (secondary N) is 1. The van der Waals surface area contributed by atoms with E-state index in [1.165, 1.54) is 30.4 Å². The molecule has 2 aliphatic rings. The van der Waals surface area contributed by atoms with E-state index in [4.69, 9.17) is 11.0 Å². The number of pyridine rings is 1. The van der Waals surface area contributed by atoms with Crippen LogP contribution in [-0.4, -0.2) is 36.1 Å². The minimum atomic E-state index is -1.15. The number of amidine groups is 1. The van der Waals surface area contributed by atoms with Crippen LogP contribution in [0.2, 0.25) is 0 Å². The highest BCUT2D eigenvalue weighted by Crippen LogP contribution is 2.67. The largest absolute Gasteiger partial charge is 0.392 e. The van der Waals surface area contributed by atoms with Gasteiger partial charge >= 0.3 is 0 Å². The van der Waals surface area contributed by atoms with E-state index in [1.807, 2.05) is 6.07 Å². The van der Waals surface area contributed by atoms with Crippen molar-refractivity contribution in [3.05, 3.63) is 53.5 Å². The Morgan fingerprint density at radius 2 is 2.09 bits per heavy atom. The highest BCUT2D eigenvalue weighted by Gasteiger charge is 2.68. The maximum Gasteiger partial charge on any atom is 0.164 e. The molecule has 1 aliphatic carbocycles. The van der Waals surface area contributed by atoms with Gasteiger partial charge in [-0.15, -0.1) is 0 Å². The van der Waals surface area contributed by atoms with Crippen molar-refractivity contribution in [2.45, 2.75) is 36.7 Å². The number of aliphatic imine (C=N–C) groups is 1. The smallest absolute Gasteiger partial charge is 0.164 e. The molecule has 0 saturated heterocycles. The van der Waals surface area contributed by atoms with Gasteiger partial charge in [-0.05, 0) is 32.4 Å². The molecule has 1 fully saturated rings. The summed E-state index contributed by atoms with van der Waals surface area (Å²) >= 11 is 1.29. The second-order valence-corrected chi connectivity index (χ2v) is 9.84. The van der Waals surface area contributed by atoms with Crippen molar-refractivity contribution in [2.75, 3.05) is 5.32 Å². The monoisotopic (exact) mass is 467 g/mol. The summed E-state index contributed by atoms with van der Waals surface area (Å²) in [6, 6.07) is 6.07. The topological polar surface area (TPSA) is 133 Å². The first-order valence-electron chi connectivity index (χ1n) is 10.2. The van der Waals surface area contributed by atoms with Crippen molar-refractivity contribution < 1.29 is 13.9 Å². The molecule has 2 aromatic heterocycles. The third-order valence-corrected chi connectivity index (χ3v) is 7.89. The lowest BCUT2D eigenvalue weighted by molar-refractivity contribution is 0.169. The van der Waals surface area contributed by atoms with Crippen LogP contribution >= 0.6 is 11.8 Å². The van der Waals surface area contributed by atoms with E-state index in [1.54, 1.807) is 19.9 Å². The van der Waals surface area contributed by atoms with Gasteiger partial charge in [0.1, 0.15) is 17.9 Å². The van der Waals surface area contributed by atoms with Crippen LogP contribution in [0, 0.1) is 28.9 Å². The quantitative estimate of drug-likeness (QED) is 0.532. The Kier molecular flexibility index (Phi) is 4.77. The van der Waals surface area contributed by atoms with Crippen molar-refractivity contribution in [3.63, 3.8) is 0 Å². The van der Waals surface area contributed by atoms with E-state index >= 15 is 4.39 Å². The molecule has 8 nitrogen and oxygen atoms in total. The van der Waals surface area contributed by atoms with Gasteiger partial charge in [0, 0.05) is 29.4 Å². The zero-order valence-electron chi connectivity index (χ0n) is 17.7. The SMILES string of the molecule is C[C@@H](O)[C@]12C[C@H]1[C@@](C)(c1cc(Nc3ncnc4cc(C#N)cnc34)cc(F)c1F)N=C(N)S2. The molecule has 11 heteroatoms. The zero-order valence-corrected chi connectivity index (χ0v) is 18.5. The summed E-state index contributed by atoms with van der Waals surface area (Å²) in [5, 5.41) is 22.6. The number of rotatable bonds is 4. The highest BCUT2D eigenvalue weighted by molar-refractivity contribution is 8.15. The van der Waals surface area contributed by atoms with E-state index in [-0.39, 0.29) is 28.2 Å². The van der Waals surface area contributed by atoms with E-state index in [9.17, 15) is 9.50 Å². The third kappa shape index (κ3) is 3.29. The van der Waals surface area contributed by atoms with E-state index < -0.39 is 28.0 Å². The van der Waals surface area contributed by atoms with Gasteiger partial charge in [-0.1, -0.05) is 11.8 Å². The number of nitrogens with two attached hydrogens (primary N) is 1. The molecule has 1 aliphatic heterocycles. The third-order valence-electron chi connectivity index (χ3n) is 6.42. The fourth-order valence-electron chi connectivity index (χ4n) is 4.63. The molecule has 5 rings (SSSR count). The highest BCUT2D eigenvalue weighted by atomic mass is 32.2. The first-order chi connectivity index (χ1) is 15.7. The lowest BCUT2D eigenvalue weighted by Crippen LogP contribution is -2.40. The number of nitrogens with zero attached hydrogens (tertiary/aromatic N) is 5. The number of hydrogen-bond acceptors (Lipinski definition) is 9. The molecule has 3 heterocycles. The normalized spacial score (nSPS) is 26.8. The zero-order chi connectivity index (χ0) is 23.5. The van der Waals surface area contributed by atoms with Crippen LogP contribution in [-0.2, 0) is 5.54 Å². The number of benzene rings is 1. The van der Waals surface area contributed by atoms with Crippen molar-refractivity contribution in [3.8, 4) is 6.07 Å². The second-order valence-electron chi connectivity index (χ2n) is 8.46. The van der Waals surface area contributed by atoms with Gasteiger partial charge in [-0.25, -0.2) is 23.7 Å². The van der Waals surface area contributed by atoms with Crippen molar-refractivity contribution in [1.29, 1.82) is 5.26 Å². The molecule has 1 saturated carbocycles. The maximum atomic E-state index is 15.1. The average molecular weight is 468 g/mol. The number of halogens is 2. The minimum Gasteiger partial charge on any atom is -0.392 e. The number of aliphatic hydroxyl groups is 1. The summed E-state index contributed by atoms with van der Waals surface area (Å²) in [4.78, 5) is 17.0. The van der Waals surface area contributed by atoms with Gasteiger partial charge in [0.15, 0.2) is 22.6 Å². The molecular formula is C22H19F2N7OS. The molecule has 168 valence electrons. The number of nitriles is 1. The molecule has 0 spiro atoms. The number of aliphatic hydroxyl groups excluding tert-OH is 1. The second kappa shape index (κ2) is 7.33. The summed E-state index contributed by atoms with van der Waals surface area (Å²) in [6.07, 6.45) is 2.57. The number of thioether (sulfide) groups is 1. The predicted molar refractivity (Wildman–Crippen MR) is 121 cm³/mol. The summed E-state index contributed by atoms with van der Waals surface area (Å²) in [7, 11) is 0. The molecule has 4 N–H and O–H groups in total. The molecule has 0 radical (unpaired) electrons. The average Bonchev–Trinajstić information content (AvgIpc) is 3.53. The molecule has 0 bridgehead atoms. The van der Waals surface area contributed by atoms with Crippen LogP contribution in [0.5, 0.6) is 0 Å². The molecular weight excluding hydrogens is 448 g/mol.